The number of ether oxygens (including phenoxy) is 2. The van der Waals surface area contributed by atoms with Gasteiger partial charge in [0.15, 0.2) is 0 Å². The number of nitrogens with zero attached hydrogens (tertiary/aromatic N) is 5. The van der Waals surface area contributed by atoms with Crippen LogP contribution in [0, 0.1) is 16.7 Å². The summed E-state index contributed by atoms with van der Waals surface area (Å²) in [5.74, 6) is -1.67. The molecular weight excluding hydrogens is 877 g/mol. The summed E-state index contributed by atoms with van der Waals surface area (Å²) in [5, 5.41) is 20.0. The van der Waals surface area contributed by atoms with Crippen molar-refractivity contribution in [3.8, 4) is 28.1 Å². The van der Waals surface area contributed by atoms with Crippen LogP contribution in [0.25, 0.3) is 33.3 Å². The molecule has 4 amide bonds. The predicted molar refractivity (Wildman–Crippen MR) is 260 cm³/mol. The predicted octanol–water partition coefficient (Wildman–Crippen LogP) is 5.29. The Morgan fingerprint density at radius 1 is 1.00 bits per heavy atom. The van der Waals surface area contributed by atoms with Gasteiger partial charge in [0, 0.05) is 80.9 Å². The molecule has 6 bridgehead atoms. The van der Waals surface area contributed by atoms with Gasteiger partial charge in [-0.05, 0) is 117 Å². The summed E-state index contributed by atoms with van der Waals surface area (Å²) < 4.78 is 14.3. The number of methoxy groups -OCH3 is 1. The quantitative estimate of drug-likeness (QED) is 0.126. The number of rotatable bonds is 9. The Balaban J connectivity index is 1.08. The first kappa shape index (κ1) is 48.2. The van der Waals surface area contributed by atoms with Crippen LogP contribution in [0.5, 0.6) is 5.75 Å². The molecule has 368 valence electrons. The van der Waals surface area contributed by atoms with Crippen LogP contribution in [-0.2, 0) is 52.8 Å². The number of aromatic nitrogens is 2. The first-order valence-electron chi connectivity index (χ1n) is 24.9. The van der Waals surface area contributed by atoms with Gasteiger partial charge in [-0.15, -0.1) is 0 Å². The van der Waals surface area contributed by atoms with E-state index >= 15 is 0 Å². The summed E-state index contributed by atoms with van der Waals surface area (Å²) in [5.41, 5.74) is 9.01. The number of cyclic esters (lactones) is 1. The van der Waals surface area contributed by atoms with Crippen molar-refractivity contribution in [2.45, 2.75) is 123 Å². The number of aromatic hydroxyl groups is 1. The molecule has 4 fully saturated rings. The number of piperidine rings is 1. The molecule has 4 N–H and O–H groups in total. The molecule has 4 saturated heterocycles. The van der Waals surface area contributed by atoms with Gasteiger partial charge in [-0.25, -0.2) is 5.43 Å². The number of nitrogens with one attached hydrogen (secondary N) is 3. The van der Waals surface area contributed by atoms with Gasteiger partial charge in [0.05, 0.1) is 35.6 Å². The number of phenols is 1. The number of carbonyl (C=O) groups excluding carboxylic acids is 5. The molecule has 16 heteroatoms. The molecule has 69 heavy (non-hydrogen) atoms. The Morgan fingerprint density at radius 2 is 1.75 bits per heavy atom. The van der Waals surface area contributed by atoms with Crippen molar-refractivity contribution in [2.75, 3.05) is 46.4 Å². The number of amides is 4. The molecular formula is C53H68N8O8. The Morgan fingerprint density at radius 3 is 2.46 bits per heavy atom. The van der Waals surface area contributed by atoms with E-state index in [9.17, 15) is 29.1 Å². The van der Waals surface area contributed by atoms with E-state index in [2.05, 4.69) is 59.6 Å². The van der Waals surface area contributed by atoms with E-state index in [0.29, 0.717) is 83.4 Å². The molecule has 1 unspecified atom stereocenters. The van der Waals surface area contributed by atoms with Gasteiger partial charge in [-0.3, -0.25) is 34.0 Å². The van der Waals surface area contributed by atoms with Crippen molar-refractivity contribution in [2.24, 2.45) is 16.7 Å². The van der Waals surface area contributed by atoms with Gasteiger partial charge in [0.1, 0.15) is 23.9 Å². The van der Waals surface area contributed by atoms with Crippen molar-refractivity contribution in [1.82, 2.24) is 40.4 Å². The number of benzene rings is 2. The molecule has 0 aliphatic carbocycles. The number of aryl methyl sites for hydroxylation is 1. The van der Waals surface area contributed by atoms with E-state index in [0.717, 1.165) is 44.5 Å². The highest BCUT2D eigenvalue weighted by Gasteiger charge is 2.52. The zero-order chi connectivity index (χ0) is 48.9. The lowest BCUT2D eigenvalue weighted by atomic mass is 9.77. The lowest BCUT2D eigenvalue weighted by Gasteiger charge is -2.39. The van der Waals surface area contributed by atoms with Crippen LogP contribution in [0.2, 0.25) is 0 Å². The van der Waals surface area contributed by atoms with E-state index in [1.165, 1.54) is 5.01 Å². The number of hydrogen-bond acceptors (Lipinski definition) is 11. The Kier molecular flexibility index (Phi) is 13.4. The first-order valence-corrected chi connectivity index (χ1v) is 24.9. The molecule has 2 aromatic heterocycles. The maximum atomic E-state index is 14.8. The number of hydrazine groups is 1. The van der Waals surface area contributed by atoms with Crippen LogP contribution >= 0.6 is 0 Å². The molecule has 5 aliphatic rings. The van der Waals surface area contributed by atoms with Crippen molar-refractivity contribution in [1.29, 1.82) is 0 Å². The summed E-state index contributed by atoms with van der Waals surface area (Å²) in [6.45, 7) is 15.2. The van der Waals surface area contributed by atoms with Crippen LogP contribution < -0.4 is 16.1 Å². The second-order valence-corrected chi connectivity index (χ2v) is 21.0. The van der Waals surface area contributed by atoms with E-state index < -0.39 is 46.7 Å². The lowest BCUT2D eigenvalue weighted by molar-refractivity contribution is -0.155. The van der Waals surface area contributed by atoms with Gasteiger partial charge in [-0.1, -0.05) is 39.8 Å². The average Bonchev–Trinajstić information content (AvgIpc) is 4.10. The summed E-state index contributed by atoms with van der Waals surface area (Å²) >= 11 is 0. The minimum absolute atomic E-state index is 0.00400. The summed E-state index contributed by atoms with van der Waals surface area (Å²) in [4.78, 5) is 79.2. The molecule has 0 saturated carbocycles. The fourth-order valence-corrected chi connectivity index (χ4v) is 11.3. The third kappa shape index (κ3) is 9.47. The SMILES string of the molecule is CCn1c(-c2cccnc2[C@H](C)OC)c2c3cc(ccc31)-c1cc(O)cc(c1)C[C@H](NC(=O)C(C(C)C)N1CCC3(CCN(C(=O)[C@@H]4CN4)CC3)C1=O)C(=O)N1CCC[C@H](N1)C(=O)OCC(C)(C)C2. The van der Waals surface area contributed by atoms with Crippen molar-refractivity contribution in [3.05, 3.63) is 71.5 Å². The molecule has 5 atom stereocenters. The highest BCUT2D eigenvalue weighted by molar-refractivity contribution is 5.97. The number of likely N-dealkylation sites (tertiary alicyclic amines) is 2. The van der Waals surface area contributed by atoms with Gasteiger partial charge >= 0.3 is 5.97 Å². The van der Waals surface area contributed by atoms with Crippen LogP contribution in [0.3, 0.4) is 0 Å². The first-order chi connectivity index (χ1) is 33.0. The molecule has 5 aliphatic heterocycles. The number of carbonyl (C=O) groups is 5. The van der Waals surface area contributed by atoms with E-state index in [1.54, 1.807) is 30.3 Å². The molecule has 2 aromatic carbocycles. The monoisotopic (exact) mass is 945 g/mol. The number of esters is 1. The van der Waals surface area contributed by atoms with E-state index in [-0.39, 0.29) is 48.7 Å². The standard InChI is InChI=1S/C53H68N8O8/c1-8-59-43-14-13-34-27-38(43)39(46(59)37-11-9-18-54-44(37)32(4)68-7)28-52(5,6)30-69-50(66)40-12-10-19-61(57-40)49(65)41(25-33-23-35(34)26-36(62)24-33)56-47(63)45(31(2)3)60-22-17-53(51(60)67)15-20-58(21-16-53)48(64)42-29-55-42/h9,11,13-14,18,23-24,26-27,31-32,40-42,45,55,57,62H,8,10,12,15-17,19-22,25,28-30H2,1-7H3,(H,56,63)/t32-,40-,41-,42-,45?/m0/s1. The normalized spacial score (nSPS) is 23.5. The zero-order valence-electron chi connectivity index (χ0n) is 41.1. The van der Waals surface area contributed by atoms with Gasteiger partial charge in [0.2, 0.25) is 17.7 Å². The van der Waals surface area contributed by atoms with Gasteiger partial charge < -0.3 is 39.6 Å². The summed E-state index contributed by atoms with van der Waals surface area (Å²) in [7, 11) is 1.68. The average molecular weight is 945 g/mol. The molecule has 9 rings (SSSR count). The number of phenolic OH excluding ortho intramolecular Hbond substituents is 1. The third-order valence-electron chi connectivity index (χ3n) is 15.2. The zero-order valence-corrected chi connectivity index (χ0v) is 41.1. The summed E-state index contributed by atoms with van der Waals surface area (Å²) in [6.07, 6.45) is 4.69. The number of hydrogen-bond donors (Lipinski definition) is 4. The number of pyridine rings is 1. The largest absolute Gasteiger partial charge is 0.508 e. The Labute approximate surface area is 404 Å². The molecule has 16 nitrogen and oxygen atoms in total. The second kappa shape index (κ2) is 19.2. The van der Waals surface area contributed by atoms with Crippen molar-refractivity contribution < 1.29 is 38.6 Å². The minimum Gasteiger partial charge on any atom is -0.508 e. The maximum Gasteiger partial charge on any atom is 0.324 e. The Hall–Kier alpha value is -5.84. The minimum atomic E-state index is -1.14. The fraction of sp³-hybridized carbons (Fsp3) is 0.547. The molecule has 4 aromatic rings. The number of fused-ring (bicyclic) bond motifs is 6. The van der Waals surface area contributed by atoms with E-state index in [1.807, 2.05) is 43.9 Å². The van der Waals surface area contributed by atoms with Crippen molar-refractivity contribution in [3.63, 3.8) is 0 Å². The van der Waals surface area contributed by atoms with Crippen LogP contribution in [0.15, 0.2) is 54.7 Å². The fourth-order valence-electron chi connectivity index (χ4n) is 11.3. The molecule has 0 radical (unpaired) electrons. The highest BCUT2D eigenvalue weighted by atomic mass is 16.5. The maximum absolute atomic E-state index is 14.8. The van der Waals surface area contributed by atoms with Crippen LogP contribution in [-0.4, -0.2) is 130 Å². The topological polar surface area (TPSA) is 198 Å². The second-order valence-electron chi connectivity index (χ2n) is 21.0. The van der Waals surface area contributed by atoms with Crippen LogP contribution in [0.4, 0.5) is 0 Å². The highest BCUT2D eigenvalue weighted by Crippen LogP contribution is 2.44. The third-order valence-corrected chi connectivity index (χ3v) is 15.2. The lowest BCUT2D eigenvalue weighted by Crippen LogP contribution is -2.62. The van der Waals surface area contributed by atoms with Crippen LogP contribution in [0.1, 0.15) is 96.6 Å². The molecule has 7 heterocycles. The van der Waals surface area contributed by atoms with Gasteiger partial charge in [0.25, 0.3) is 5.91 Å². The smallest absolute Gasteiger partial charge is 0.324 e. The van der Waals surface area contributed by atoms with Gasteiger partial charge in [-0.2, -0.15) is 0 Å². The summed E-state index contributed by atoms with van der Waals surface area (Å²) in [6, 6.07) is 12.6. The van der Waals surface area contributed by atoms with E-state index in [4.69, 9.17) is 14.5 Å². The van der Waals surface area contributed by atoms with Crippen molar-refractivity contribution >= 4 is 40.5 Å². The Bertz CT molecular complexity index is 2650. The molecule has 1 spiro atoms.